The maximum Gasteiger partial charge on any atom is 0.307 e. The smallest absolute Gasteiger partial charge is 0.307 e. The Morgan fingerprint density at radius 1 is 1.77 bits per heavy atom. The van der Waals surface area contributed by atoms with Crippen LogP contribution in [0.15, 0.2) is 0 Å². The highest BCUT2D eigenvalue weighted by Gasteiger charge is 2.39. The standard InChI is InChI=1S/C9H17NO2S/c1-3-12-8(11)4-9(10)6-13-5-7(9)2/h7H,3-6,10H2,1-2H3. The van der Waals surface area contributed by atoms with E-state index < -0.39 is 0 Å². The second-order valence-corrected chi connectivity index (χ2v) is 4.66. The fourth-order valence-electron chi connectivity index (χ4n) is 1.44. The molecule has 1 aliphatic heterocycles. The molecule has 13 heavy (non-hydrogen) atoms. The number of esters is 1. The van der Waals surface area contributed by atoms with Crippen LogP contribution in [0, 0.1) is 5.92 Å². The van der Waals surface area contributed by atoms with E-state index in [1.807, 2.05) is 18.7 Å². The van der Waals surface area contributed by atoms with E-state index >= 15 is 0 Å². The number of hydrogen-bond acceptors (Lipinski definition) is 4. The molecule has 76 valence electrons. The van der Waals surface area contributed by atoms with Crippen molar-refractivity contribution in [3.05, 3.63) is 0 Å². The van der Waals surface area contributed by atoms with E-state index in [1.165, 1.54) is 0 Å². The fraction of sp³-hybridized carbons (Fsp3) is 0.889. The summed E-state index contributed by atoms with van der Waals surface area (Å²) < 4.78 is 4.89. The number of hydrogen-bond donors (Lipinski definition) is 1. The van der Waals surface area contributed by atoms with Crippen molar-refractivity contribution in [2.45, 2.75) is 25.8 Å². The van der Waals surface area contributed by atoms with Crippen LogP contribution in [0.2, 0.25) is 0 Å². The van der Waals surface area contributed by atoms with E-state index in [1.54, 1.807) is 0 Å². The molecule has 1 rings (SSSR count). The summed E-state index contributed by atoms with van der Waals surface area (Å²) >= 11 is 1.82. The SMILES string of the molecule is CCOC(=O)CC1(N)CSCC1C. The Balaban J connectivity index is 2.46. The maximum absolute atomic E-state index is 11.2. The molecule has 0 bridgehead atoms. The molecule has 0 aromatic heterocycles. The van der Waals surface area contributed by atoms with Gasteiger partial charge in [0.2, 0.25) is 0 Å². The lowest BCUT2D eigenvalue weighted by atomic mass is 9.86. The first-order valence-electron chi connectivity index (χ1n) is 4.60. The molecule has 1 fully saturated rings. The lowest BCUT2D eigenvalue weighted by Gasteiger charge is -2.26. The predicted molar refractivity (Wildman–Crippen MR) is 54.7 cm³/mol. The van der Waals surface area contributed by atoms with Crippen molar-refractivity contribution in [1.29, 1.82) is 0 Å². The number of rotatable bonds is 3. The topological polar surface area (TPSA) is 52.3 Å². The second-order valence-electron chi connectivity index (χ2n) is 3.63. The number of carbonyl (C=O) groups excluding carboxylic acids is 1. The summed E-state index contributed by atoms with van der Waals surface area (Å²) in [5.41, 5.74) is 5.78. The van der Waals surface area contributed by atoms with Gasteiger partial charge < -0.3 is 10.5 Å². The van der Waals surface area contributed by atoms with Gasteiger partial charge in [-0.15, -0.1) is 0 Å². The van der Waals surface area contributed by atoms with Crippen LogP contribution in [-0.2, 0) is 9.53 Å². The maximum atomic E-state index is 11.2. The van der Waals surface area contributed by atoms with Gasteiger partial charge in [0.15, 0.2) is 0 Å². The Hall–Kier alpha value is -0.220. The van der Waals surface area contributed by atoms with Gasteiger partial charge in [-0.25, -0.2) is 0 Å². The third-order valence-corrected chi connectivity index (χ3v) is 3.98. The summed E-state index contributed by atoms with van der Waals surface area (Å²) in [6, 6.07) is 0. The van der Waals surface area contributed by atoms with E-state index in [2.05, 4.69) is 6.92 Å². The fourth-order valence-corrected chi connectivity index (χ4v) is 3.01. The van der Waals surface area contributed by atoms with Crippen LogP contribution >= 0.6 is 11.8 Å². The Morgan fingerprint density at radius 3 is 2.92 bits per heavy atom. The Kier molecular flexibility index (Phi) is 3.62. The van der Waals surface area contributed by atoms with Crippen molar-refractivity contribution in [2.24, 2.45) is 11.7 Å². The highest BCUT2D eigenvalue weighted by molar-refractivity contribution is 7.99. The first kappa shape index (κ1) is 10.9. The predicted octanol–water partition coefficient (Wildman–Crippen LogP) is 1.02. The van der Waals surface area contributed by atoms with Crippen molar-refractivity contribution >= 4 is 17.7 Å². The normalized spacial score (nSPS) is 33.3. The Morgan fingerprint density at radius 2 is 2.46 bits per heavy atom. The van der Waals surface area contributed by atoms with Gasteiger partial charge in [-0.2, -0.15) is 11.8 Å². The molecule has 0 aromatic carbocycles. The van der Waals surface area contributed by atoms with Gasteiger partial charge in [0.1, 0.15) is 0 Å². The summed E-state index contributed by atoms with van der Waals surface area (Å²) in [6.07, 6.45) is 0.356. The van der Waals surface area contributed by atoms with Gasteiger partial charge in [-0.05, 0) is 18.6 Å². The molecule has 1 saturated heterocycles. The minimum absolute atomic E-state index is 0.167. The molecule has 1 aliphatic rings. The van der Waals surface area contributed by atoms with Crippen LogP contribution in [0.4, 0.5) is 0 Å². The van der Waals surface area contributed by atoms with Gasteiger partial charge in [0, 0.05) is 11.3 Å². The molecular formula is C9H17NO2S. The third-order valence-electron chi connectivity index (χ3n) is 2.50. The number of nitrogens with two attached hydrogens (primary N) is 1. The molecule has 0 radical (unpaired) electrons. The van der Waals surface area contributed by atoms with Crippen molar-refractivity contribution in [3.63, 3.8) is 0 Å². The van der Waals surface area contributed by atoms with Crippen LogP contribution < -0.4 is 5.73 Å². The molecule has 1 heterocycles. The van der Waals surface area contributed by atoms with E-state index in [-0.39, 0.29) is 11.5 Å². The van der Waals surface area contributed by atoms with Gasteiger partial charge in [-0.3, -0.25) is 4.79 Å². The zero-order valence-electron chi connectivity index (χ0n) is 8.21. The van der Waals surface area contributed by atoms with Crippen LogP contribution in [0.5, 0.6) is 0 Å². The van der Waals surface area contributed by atoms with Crippen molar-refractivity contribution in [1.82, 2.24) is 0 Å². The number of carbonyl (C=O) groups is 1. The van der Waals surface area contributed by atoms with Gasteiger partial charge >= 0.3 is 5.97 Å². The molecule has 0 aliphatic carbocycles. The zero-order chi connectivity index (χ0) is 9.90. The molecule has 3 nitrogen and oxygen atoms in total. The number of ether oxygens (including phenoxy) is 1. The van der Waals surface area contributed by atoms with E-state index in [9.17, 15) is 4.79 Å². The summed E-state index contributed by atoms with van der Waals surface area (Å²) in [4.78, 5) is 11.2. The van der Waals surface area contributed by atoms with Gasteiger partial charge in [-0.1, -0.05) is 6.92 Å². The van der Waals surface area contributed by atoms with Crippen molar-refractivity contribution in [3.8, 4) is 0 Å². The highest BCUT2D eigenvalue weighted by atomic mass is 32.2. The van der Waals surface area contributed by atoms with Crippen LogP contribution in [0.3, 0.4) is 0 Å². The minimum Gasteiger partial charge on any atom is -0.466 e. The highest BCUT2D eigenvalue weighted by Crippen LogP contribution is 2.33. The summed E-state index contributed by atoms with van der Waals surface area (Å²) in [7, 11) is 0. The third kappa shape index (κ3) is 2.61. The van der Waals surface area contributed by atoms with Crippen molar-refractivity contribution in [2.75, 3.05) is 18.1 Å². The summed E-state index contributed by atoms with van der Waals surface area (Å²) in [5.74, 6) is 2.16. The van der Waals surface area contributed by atoms with E-state index in [0.29, 0.717) is 18.9 Å². The van der Waals surface area contributed by atoms with Crippen LogP contribution in [0.1, 0.15) is 20.3 Å². The van der Waals surface area contributed by atoms with Gasteiger partial charge in [0.05, 0.1) is 13.0 Å². The second kappa shape index (κ2) is 4.33. The lowest BCUT2D eigenvalue weighted by molar-refractivity contribution is -0.144. The molecule has 2 unspecified atom stereocenters. The molecule has 2 N–H and O–H groups in total. The summed E-state index contributed by atoms with van der Waals surface area (Å²) in [6.45, 7) is 4.35. The van der Waals surface area contributed by atoms with E-state index in [0.717, 1.165) is 11.5 Å². The first-order chi connectivity index (χ1) is 6.08. The lowest BCUT2D eigenvalue weighted by Crippen LogP contribution is -2.47. The van der Waals surface area contributed by atoms with Crippen molar-refractivity contribution < 1.29 is 9.53 Å². The first-order valence-corrected chi connectivity index (χ1v) is 5.76. The molecule has 0 amide bonds. The minimum atomic E-state index is -0.336. The zero-order valence-corrected chi connectivity index (χ0v) is 9.02. The molecular weight excluding hydrogens is 186 g/mol. The molecule has 0 spiro atoms. The summed E-state index contributed by atoms with van der Waals surface area (Å²) in [5, 5.41) is 0. The molecule has 0 aromatic rings. The quantitative estimate of drug-likeness (QED) is 0.696. The Bertz CT molecular complexity index is 198. The molecule has 4 heteroatoms. The van der Waals surface area contributed by atoms with Gasteiger partial charge in [0.25, 0.3) is 0 Å². The molecule has 0 saturated carbocycles. The van der Waals surface area contributed by atoms with Crippen LogP contribution in [0.25, 0.3) is 0 Å². The molecule has 2 atom stereocenters. The largest absolute Gasteiger partial charge is 0.466 e. The van der Waals surface area contributed by atoms with E-state index in [4.69, 9.17) is 10.5 Å². The average Bonchev–Trinajstić information content (AvgIpc) is 2.32. The van der Waals surface area contributed by atoms with Crippen LogP contribution in [-0.4, -0.2) is 29.6 Å². The monoisotopic (exact) mass is 203 g/mol. The Labute approximate surface area is 83.4 Å². The average molecular weight is 203 g/mol. The number of thioether (sulfide) groups is 1.